The molecular weight excluding hydrogens is 290 g/mol. The molecule has 0 spiro atoms. The number of guanidine groups is 1. The van der Waals surface area contributed by atoms with Crippen LogP contribution in [0.15, 0.2) is 71.5 Å². The van der Waals surface area contributed by atoms with Crippen molar-refractivity contribution in [3.63, 3.8) is 0 Å². The van der Waals surface area contributed by atoms with Crippen LogP contribution < -0.4 is 21.6 Å². The first-order valence-corrected chi connectivity index (χ1v) is 7.09. The minimum Gasteiger partial charge on any atom is -0.322 e. The van der Waals surface area contributed by atoms with E-state index in [-0.39, 0.29) is 17.5 Å². The zero-order valence-corrected chi connectivity index (χ0v) is 12.3. The molecule has 114 valence electrons. The van der Waals surface area contributed by atoms with Gasteiger partial charge < -0.3 is 5.73 Å². The third-order valence-electron chi connectivity index (χ3n) is 3.12. The van der Waals surface area contributed by atoms with E-state index in [9.17, 15) is 4.79 Å². The standard InChI is InChI=1S/C17H15N5O/c18-16(19-13-9-5-2-6-10-13)22-17-20-14(11-15(23)21-17)12-7-3-1-4-8-12/h1-11H,(H4,18,19,20,21,22,23)/p+1. The van der Waals surface area contributed by atoms with E-state index in [1.165, 1.54) is 6.07 Å². The monoisotopic (exact) mass is 306 g/mol. The maximum Gasteiger partial charge on any atom is 0.326 e. The molecule has 6 nitrogen and oxygen atoms in total. The van der Waals surface area contributed by atoms with Gasteiger partial charge in [-0.3, -0.25) is 10.1 Å². The molecule has 0 bridgehead atoms. The zero-order valence-electron chi connectivity index (χ0n) is 12.3. The first-order valence-electron chi connectivity index (χ1n) is 7.09. The van der Waals surface area contributed by atoms with Crippen molar-refractivity contribution in [1.82, 2.24) is 9.97 Å². The summed E-state index contributed by atoms with van der Waals surface area (Å²) >= 11 is 0. The van der Waals surface area contributed by atoms with E-state index in [1.807, 2.05) is 60.7 Å². The normalized spacial score (nSPS) is 11.2. The molecule has 2 aromatic carbocycles. The van der Waals surface area contributed by atoms with Crippen LogP contribution in [0.3, 0.4) is 0 Å². The molecule has 1 aromatic heterocycles. The van der Waals surface area contributed by atoms with E-state index < -0.39 is 0 Å². The second-order valence-corrected chi connectivity index (χ2v) is 4.87. The van der Waals surface area contributed by atoms with Gasteiger partial charge in [0.05, 0.1) is 5.69 Å². The van der Waals surface area contributed by atoms with E-state index in [2.05, 4.69) is 20.3 Å². The summed E-state index contributed by atoms with van der Waals surface area (Å²) in [5.74, 6) is 0.543. The zero-order chi connectivity index (χ0) is 16.1. The fourth-order valence-electron chi connectivity index (χ4n) is 2.11. The van der Waals surface area contributed by atoms with Crippen molar-refractivity contribution in [3.05, 3.63) is 77.1 Å². The van der Waals surface area contributed by atoms with Crippen LogP contribution in [0.5, 0.6) is 0 Å². The number of aromatic nitrogens is 2. The Morgan fingerprint density at radius 1 is 1.04 bits per heavy atom. The molecule has 23 heavy (non-hydrogen) atoms. The largest absolute Gasteiger partial charge is 0.326 e. The van der Waals surface area contributed by atoms with Crippen LogP contribution in [0.1, 0.15) is 0 Å². The van der Waals surface area contributed by atoms with Crippen LogP contribution in [0, 0.1) is 0 Å². The van der Waals surface area contributed by atoms with Crippen molar-refractivity contribution in [2.75, 3.05) is 5.32 Å². The molecule has 0 aliphatic carbocycles. The SMILES string of the molecule is NC(Nc1ccccc1)=[NH+]c1nc(-c2ccccc2)cc(=O)[nH]1. The molecule has 0 saturated carbocycles. The molecular formula is C17H16N5O+. The number of hydrogen-bond acceptors (Lipinski definition) is 2. The molecule has 0 saturated heterocycles. The highest BCUT2D eigenvalue weighted by Crippen LogP contribution is 2.14. The number of anilines is 1. The lowest BCUT2D eigenvalue weighted by molar-refractivity contribution is -0.365. The molecule has 0 atom stereocenters. The van der Waals surface area contributed by atoms with Gasteiger partial charge in [-0.25, -0.2) is 9.98 Å². The number of para-hydroxylation sites is 1. The first kappa shape index (κ1) is 14.5. The van der Waals surface area contributed by atoms with Gasteiger partial charge in [-0.2, -0.15) is 0 Å². The highest BCUT2D eigenvalue weighted by atomic mass is 16.1. The van der Waals surface area contributed by atoms with Crippen molar-refractivity contribution < 1.29 is 4.99 Å². The number of benzene rings is 2. The van der Waals surface area contributed by atoms with Crippen LogP contribution in [-0.2, 0) is 0 Å². The van der Waals surface area contributed by atoms with Gasteiger partial charge in [0.15, 0.2) is 0 Å². The lowest BCUT2D eigenvalue weighted by Gasteiger charge is -2.01. The van der Waals surface area contributed by atoms with Gasteiger partial charge in [0.2, 0.25) is 0 Å². The van der Waals surface area contributed by atoms with E-state index in [0.29, 0.717) is 5.69 Å². The van der Waals surface area contributed by atoms with Gasteiger partial charge in [0.25, 0.3) is 11.5 Å². The fraction of sp³-hybridized carbons (Fsp3) is 0. The quantitative estimate of drug-likeness (QED) is 0.420. The van der Waals surface area contributed by atoms with Gasteiger partial charge in [-0.05, 0) is 12.1 Å². The number of hydrogen-bond donors (Lipinski definition) is 4. The highest BCUT2D eigenvalue weighted by Gasteiger charge is 2.08. The summed E-state index contributed by atoms with van der Waals surface area (Å²) in [5.41, 5.74) is 7.92. The van der Waals surface area contributed by atoms with Crippen LogP contribution in [0.2, 0.25) is 0 Å². The molecule has 3 rings (SSSR count). The van der Waals surface area contributed by atoms with Crippen molar-refractivity contribution in [2.24, 2.45) is 5.73 Å². The Labute approximate surface area is 132 Å². The van der Waals surface area contributed by atoms with E-state index in [0.717, 1.165) is 11.3 Å². The summed E-state index contributed by atoms with van der Waals surface area (Å²) in [6.45, 7) is 0. The van der Waals surface area contributed by atoms with Gasteiger partial charge in [-0.15, -0.1) is 4.98 Å². The van der Waals surface area contributed by atoms with Gasteiger partial charge in [-0.1, -0.05) is 48.5 Å². The molecule has 3 aromatic rings. The minimum absolute atomic E-state index is 0.256. The number of nitrogens with zero attached hydrogens (tertiary/aromatic N) is 1. The molecule has 0 fully saturated rings. The number of nitrogens with two attached hydrogens (primary N) is 1. The third kappa shape index (κ3) is 3.82. The van der Waals surface area contributed by atoms with Crippen molar-refractivity contribution in [2.45, 2.75) is 0 Å². The molecule has 0 radical (unpaired) electrons. The lowest BCUT2D eigenvalue weighted by atomic mass is 10.1. The maximum atomic E-state index is 11.8. The topological polar surface area (TPSA) is 97.8 Å². The maximum absolute atomic E-state index is 11.8. The lowest BCUT2D eigenvalue weighted by Crippen LogP contribution is -2.73. The van der Waals surface area contributed by atoms with Gasteiger partial charge >= 0.3 is 5.95 Å². The Hall–Kier alpha value is -3.41. The smallest absolute Gasteiger partial charge is 0.322 e. The predicted molar refractivity (Wildman–Crippen MR) is 90.2 cm³/mol. The molecule has 0 aliphatic heterocycles. The summed E-state index contributed by atoms with van der Waals surface area (Å²) < 4.78 is 0. The average molecular weight is 306 g/mol. The van der Waals surface area contributed by atoms with Crippen molar-refractivity contribution in [1.29, 1.82) is 0 Å². The summed E-state index contributed by atoms with van der Waals surface area (Å²) in [6.07, 6.45) is 0. The molecule has 0 aliphatic rings. The van der Waals surface area contributed by atoms with Crippen LogP contribution >= 0.6 is 0 Å². The molecule has 6 heteroatoms. The predicted octanol–water partition coefficient (Wildman–Crippen LogP) is 0.576. The Bertz CT molecular complexity index is 872. The second kappa shape index (κ2) is 6.57. The van der Waals surface area contributed by atoms with Gasteiger partial charge in [0, 0.05) is 11.6 Å². The van der Waals surface area contributed by atoms with E-state index >= 15 is 0 Å². The van der Waals surface area contributed by atoms with Crippen molar-refractivity contribution >= 4 is 17.6 Å². The second-order valence-electron chi connectivity index (χ2n) is 4.87. The highest BCUT2D eigenvalue weighted by molar-refractivity contribution is 5.88. The van der Waals surface area contributed by atoms with Crippen LogP contribution in [0.4, 0.5) is 11.6 Å². The van der Waals surface area contributed by atoms with E-state index in [4.69, 9.17) is 5.73 Å². The Morgan fingerprint density at radius 2 is 1.70 bits per heavy atom. The summed E-state index contributed by atoms with van der Waals surface area (Å²) in [6, 6.07) is 20.4. The average Bonchev–Trinajstić information content (AvgIpc) is 2.56. The summed E-state index contributed by atoms with van der Waals surface area (Å²) in [5, 5.41) is 2.99. The molecule has 5 N–H and O–H groups in total. The number of nitrogens with one attached hydrogen (secondary N) is 3. The fourth-order valence-corrected chi connectivity index (χ4v) is 2.11. The Kier molecular flexibility index (Phi) is 4.15. The number of H-pyrrole nitrogens is 1. The Balaban J connectivity index is 1.90. The van der Waals surface area contributed by atoms with E-state index in [1.54, 1.807) is 0 Å². The Morgan fingerprint density at radius 3 is 2.39 bits per heavy atom. The summed E-state index contributed by atoms with van der Waals surface area (Å²) in [7, 11) is 0. The number of aromatic amines is 1. The number of rotatable bonds is 3. The van der Waals surface area contributed by atoms with Crippen LogP contribution in [-0.4, -0.2) is 15.9 Å². The summed E-state index contributed by atoms with van der Waals surface area (Å²) in [4.78, 5) is 21.7. The van der Waals surface area contributed by atoms with Crippen molar-refractivity contribution in [3.8, 4) is 11.3 Å². The molecule has 0 amide bonds. The third-order valence-corrected chi connectivity index (χ3v) is 3.12. The molecule has 0 unspecified atom stereocenters. The van der Waals surface area contributed by atoms with Gasteiger partial charge in [0.1, 0.15) is 5.69 Å². The molecule has 1 heterocycles. The first-order chi connectivity index (χ1) is 11.2. The minimum atomic E-state index is -0.256. The van der Waals surface area contributed by atoms with Crippen LogP contribution in [0.25, 0.3) is 11.3 Å².